The topological polar surface area (TPSA) is 86.1 Å². The van der Waals surface area contributed by atoms with E-state index in [0.717, 1.165) is 25.7 Å². The van der Waals surface area contributed by atoms with Gasteiger partial charge in [-0.25, -0.2) is 0 Å². The molecule has 156 valence electrons. The average molecular weight is 421 g/mol. The van der Waals surface area contributed by atoms with Gasteiger partial charge in [0.25, 0.3) is 0 Å². The fraction of sp³-hybridized carbons (Fsp3) is 0.611. The van der Waals surface area contributed by atoms with Crippen LogP contribution in [0.2, 0.25) is 5.02 Å². The minimum Gasteiger partial charge on any atom is -0.406 e. The SMILES string of the molecule is N/N=C(\N)CC1CCC2(CCN(c3cc(OC(F)(F)F)ccc3Cl)CC2)OC1. The summed E-state index contributed by atoms with van der Waals surface area (Å²) in [7, 11) is 0. The zero-order valence-corrected chi connectivity index (χ0v) is 16.1. The number of halogens is 4. The Labute approximate surface area is 166 Å². The molecule has 1 aromatic carbocycles. The highest BCUT2D eigenvalue weighted by molar-refractivity contribution is 6.33. The summed E-state index contributed by atoms with van der Waals surface area (Å²) < 4.78 is 47.6. The Balaban J connectivity index is 1.59. The standard InChI is InChI=1S/C18H24ClF3N4O2/c19-14-2-1-13(28-18(20,21)22)10-15(14)26-7-5-17(6-8-26)4-3-12(11-27-17)9-16(23)25-24/h1-2,10,12H,3-9,11,24H2,(H2,23,25). The molecule has 0 amide bonds. The largest absolute Gasteiger partial charge is 0.573 e. The first kappa shape index (κ1) is 20.9. The third-order valence-electron chi connectivity index (χ3n) is 5.46. The lowest BCUT2D eigenvalue weighted by molar-refractivity contribution is -0.274. The lowest BCUT2D eigenvalue weighted by atomic mass is 9.81. The summed E-state index contributed by atoms with van der Waals surface area (Å²) in [6.45, 7) is 1.89. The Morgan fingerprint density at radius 3 is 2.61 bits per heavy atom. The number of rotatable bonds is 4. The van der Waals surface area contributed by atoms with Crippen molar-refractivity contribution in [2.75, 3.05) is 24.6 Å². The molecule has 0 aliphatic carbocycles. The lowest BCUT2D eigenvalue weighted by Crippen LogP contribution is -2.49. The van der Waals surface area contributed by atoms with Gasteiger partial charge in [-0.15, -0.1) is 13.2 Å². The maximum Gasteiger partial charge on any atom is 0.573 e. The van der Waals surface area contributed by atoms with Crippen LogP contribution in [0.25, 0.3) is 0 Å². The number of hydrazone groups is 1. The van der Waals surface area contributed by atoms with Crippen molar-refractivity contribution in [3.05, 3.63) is 23.2 Å². The van der Waals surface area contributed by atoms with E-state index in [9.17, 15) is 13.2 Å². The number of nitrogens with two attached hydrogens (primary N) is 2. The van der Waals surface area contributed by atoms with Crippen molar-refractivity contribution in [2.24, 2.45) is 22.6 Å². The number of benzene rings is 1. The first-order valence-electron chi connectivity index (χ1n) is 9.16. The van der Waals surface area contributed by atoms with E-state index in [-0.39, 0.29) is 11.4 Å². The minimum absolute atomic E-state index is 0.200. The summed E-state index contributed by atoms with van der Waals surface area (Å²) >= 11 is 6.22. The molecule has 0 saturated carbocycles. The van der Waals surface area contributed by atoms with Gasteiger partial charge >= 0.3 is 6.36 Å². The highest BCUT2D eigenvalue weighted by Crippen LogP contribution is 2.40. The predicted octanol–water partition coefficient (Wildman–Crippen LogP) is 3.63. The Morgan fingerprint density at radius 1 is 1.32 bits per heavy atom. The van der Waals surface area contributed by atoms with Crippen molar-refractivity contribution in [3.8, 4) is 5.75 Å². The Bertz CT molecular complexity index is 711. The van der Waals surface area contributed by atoms with Gasteiger partial charge in [0.15, 0.2) is 0 Å². The molecule has 0 aromatic heterocycles. The lowest BCUT2D eigenvalue weighted by Gasteiger charge is -2.46. The van der Waals surface area contributed by atoms with Gasteiger partial charge in [0.05, 0.1) is 22.9 Å². The smallest absolute Gasteiger partial charge is 0.406 e. The van der Waals surface area contributed by atoms with Crippen LogP contribution in [-0.4, -0.2) is 37.5 Å². The van der Waals surface area contributed by atoms with Gasteiger partial charge < -0.3 is 25.9 Å². The van der Waals surface area contributed by atoms with Gasteiger partial charge in [-0.1, -0.05) is 11.6 Å². The summed E-state index contributed by atoms with van der Waals surface area (Å²) in [6, 6.07) is 3.97. The van der Waals surface area contributed by atoms with Crippen molar-refractivity contribution in [1.29, 1.82) is 0 Å². The van der Waals surface area contributed by atoms with E-state index in [0.29, 0.717) is 48.6 Å². The fourth-order valence-corrected chi connectivity index (χ4v) is 4.15. The number of ether oxygens (including phenoxy) is 2. The van der Waals surface area contributed by atoms with E-state index in [2.05, 4.69) is 9.84 Å². The highest BCUT2D eigenvalue weighted by Gasteiger charge is 2.40. The number of nitrogens with zero attached hydrogens (tertiary/aromatic N) is 2. The molecule has 3 rings (SSSR count). The monoisotopic (exact) mass is 420 g/mol. The van der Waals surface area contributed by atoms with Crippen LogP contribution < -0.4 is 21.2 Å². The van der Waals surface area contributed by atoms with Crippen LogP contribution in [0.15, 0.2) is 23.3 Å². The number of hydrogen-bond donors (Lipinski definition) is 2. The summed E-state index contributed by atoms with van der Waals surface area (Å²) in [5, 5.41) is 3.90. The molecule has 2 saturated heterocycles. The Hall–Kier alpha value is -1.87. The van der Waals surface area contributed by atoms with E-state index < -0.39 is 6.36 Å². The van der Waals surface area contributed by atoms with Crippen LogP contribution in [0, 0.1) is 5.92 Å². The minimum atomic E-state index is -4.73. The molecule has 1 unspecified atom stereocenters. The van der Waals surface area contributed by atoms with Gasteiger partial charge in [0, 0.05) is 25.6 Å². The van der Waals surface area contributed by atoms with E-state index in [1.807, 2.05) is 4.90 Å². The maximum absolute atomic E-state index is 12.5. The van der Waals surface area contributed by atoms with Crippen LogP contribution >= 0.6 is 11.6 Å². The molecule has 0 radical (unpaired) electrons. The molecule has 1 spiro atoms. The Morgan fingerprint density at radius 2 is 2.04 bits per heavy atom. The quantitative estimate of drug-likeness (QED) is 0.336. The molecule has 1 atom stereocenters. The van der Waals surface area contributed by atoms with Crippen molar-refractivity contribution in [3.63, 3.8) is 0 Å². The maximum atomic E-state index is 12.5. The van der Waals surface area contributed by atoms with Crippen molar-refractivity contribution >= 4 is 23.1 Å². The normalized spacial score (nSPS) is 23.1. The summed E-state index contributed by atoms with van der Waals surface area (Å²) in [4.78, 5) is 1.98. The average Bonchev–Trinajstić information content (AvgIpc) is 2.65. The molecular weight excluding hydrogens is 397 g/mol. The molecule has 1 aromatic rings. The number of anilines is 1. The summed E-state index contributed by atoms with van der Waals surface area (Å²) in [5.74, 6) is 5.65. The van der Waals surface area contributed by atoms with Gasteiger partial charge in [-0.05, 0) is 43.7 Å². The van der Waals surface area contributed by atoms with E-state index in [1.165, 1.54) is 18.2 Å². The second kappa shape index (κ2) is 8.24. The van der Waals surface area contributed by atoms with Gasteiger partial charge in [-0.3, -0.25) is 0 Å². The third kappa shape index (κ3) is 5.14. The molecule has 10 heteroatoms. The Kier molecular flexibility index (Phi) is 6.14. The molecule has 6 nitrogen and oxygen atoms in total. The van der Waals surface area contributed by atoms with Gasteiger partial charge in [0.2, 0.25) is 0 Å². The van der Waals surface area contributed by atoms with E-state index >= 15 is 0 Å². The number of hydrogen-bond acceptors (Lipinski definition) is 5. The molecule has 4 N–H and O–H groups in total. The molecule has 0 bridgehead atoms. The van der Waals surface area contributed by atoms with Crippen molar-refractivity contribution < 1.29 is 22.6 Å². The van der Waals surface area contributed by atoms with Gasteiger partial charge in [0.1, 0.15) is 11.6 Å². The van der Waals surface area contributed by atoms with Crippen molar-refractivity contribution in [2.45, 2.75) is 44.1 Å². The number of amidine groups is 1. The van der Waals surface area contributed by atoms with Gasteiger partial charge in [-0.2, -0.15) is 5.10 Å². The molecule has 2 fully saturated rings. The van der Waals surface area contributed by atoms with Crippen LogP contribution in [-0.2, 0) is 4.74 Å². The number of piperidine rings is 1. The fourth-order valence-electron chi connectivity index (χ4n) is 3.91. The first-order valence-corrected chi connectivity index (χ1v) is 9.54. The molecular formula is C18H24ClF3N4O2. The molecule has 28 heavy (non-hydrogen) atoms. The van der Waals surface area contributed by atoms with Crippen LogP contribution in [0.3, 0.4) is 0 Å². The zero-order valence-electron chi connectivity index (χ0n) is 15.3. The summed E-state index contributed by atoms with van der Waals surface area (Å²) in [6.07, 6.45) is -0.663. The molecule has 2 heterocycles. The second-order valence-electron chi connectivity index (χ2n) is 7.37. The molecule has 2 aliphatic rings. The summed E-state index contributed by atoms with van der Waals surface area (Å²) in [5.41, 5.74) is 6.03. The van der Waals surface area contributed by atoms with E-state index in [1.54, 1.807) is 0 Å². The highest BCUT2D eigenvalue weighted by atomic mass is 35.5. The van der Waals surface area contributed by atoms with Crippen LogP contribution in [0.5, 0.6) is 5.75 Å². The third-order valence-corrected chi connectivity index (χ3v) is 5.78. The first-order chi connectivity index (χ1) is 13.2. The predicted molar refractivity (Wildman–Crippen MR) is 101 cm³/mol. The number of alkyl halides is 3. The molecule has 2 aliphatic heterocycles. The second-order valence-corrected chi connectivity index (χ2v) is 7.78. The van der Waals surface area contributed by atoms with Crippen LogP contribution in [0.4, 0.5) is 18.9 Å². The van der Waals surface area contributed by atoms with Crippen LogP contribution in [0.1, 0.15) is 32.1 Å². The van der Waals surface area contributed by atoms with E-state index in [4.69, 9.17) is 27.9 Å². The zero-order chi connectivity index (χ0) is 20.4. The van der Waals surface area contributed by atoms with Crippen molar-refractivity contribution in [1.82, 2.24) is 0 Å².